The molecule has 0 amide bonds. The van der Waals surface area contributed by atoms with Crippen molar-refractivity contribution in [3.8, 4) is 5.75 Å². The number of benzene rings is 1. The number of fused-ring (bicyclic) bond motifs is 2. The third-order valence-electron chi connectivity index (χ3n) is 10.4. The topological polar surface area (TPSA) is 207 Å². The third kappa shape index (κ3) is 7.06. The Morgan fingerprint density at radius 3 is 2.15 bits per heavy atom. The molecule has 16 nitrogen and oxygen atoms in total. The smallest absolute Gasteiger partial charge is 0.341 e. The van der Waals surface area contributed by atoms with Crippen LogP contribution in [0.15, 0.2) is 39.3 Å². The van der Waals surface area contributed by atoms with Crippen LogP contribution in [0, 0.1) is 17.6 Å². The molecule has 18 heteroatoms. The highest BCUT2D eigenvalue weighted by molar-refractivity contribution is 5.97. The van der Waals surface area contributed by atoms with Crippen LogP contribution in [-0.4, -0.2) is 102 Å². The number of anilines is 2. The minimum absolute atomic E-state index is 0.0339. The Balaban J connectivity index is 0.000000169. The molecule has 0 radical (unpaired) electrons. The standard InChI is InChI=1S/C19H22FN3O4.C18H20FN5O4/c1-10-8-22(6-5-21-10)16-14(20)7-12-15(18(16)27-2)23(11-3-4-11)9-13(17(12)24)19(25)26;1-28-22-14-8-23(6-9(14)5-20)17-13(19)4-11-15(25)12(18(26)27)7-24(10-2-3-10)16(11)21-17/h7,9-11,21H,3-6,8H2,1-2H3,(H,25,26);4,7,9-10H,2-3,5-6,8,20H2,1H3,(H,26,27)/b;22-14+. The first-order chi connectivity index (χ1) is 26.4. The minimum atomic E-state index is -1.34. The van der Waals surface area contributed by atoms with Gasteiger partial charge in [0.05, 0.1) is 35.7 Å². The summed E-state index contributed by atoms with van der Waals surface area (Å²) in [6.07, 6.45) is 6.16. The van der Waals surface area contributed by atoms with Gasteiger partial charge in [-0.05, 0) is 44.7 Å². The fraction of sp³-hybridized carbons (Fsp3) is 0.459. The molecule has 55 heavy (non-hydrogen) atoms. The maximum absolute atomic E-state index is 15.1. The molecule has 2 atom stereocenters. The number of hydrogen-bond acceptors (Lipinski definition) is 12. The second kappa shape index (κ2) is 14.9. The number of nitrogens with one attached hydrogen (secondary N) is 1. The zero-order valence-electron chi connectivity index (χ0n) is 30.6. The van der Waals surface area contributed by atoms with Gasteiger partial charge < -0.3 is 49.8 Å². The molecular weight excluding hydrogens is 722 g/mol. The average Bonchev–Trinajstić information content (AvgIpc) is 4.10. The number of nitrogens with zero attached hydrogens (tertiary/aromatic N) is 6. The molecule has 5 heterocycles. The van der Waals surface area contributed by atoms with E-state index in [4.69, 9.17) is 15.3 Å². The zero-order chi connectivity index (χ0) is 39.3. The van der Waals surface area contributed by atoms with E-state index in [9.17, 15) is 33.8 Å². The molecule has 5 N–H and O–H groups in total. The molecule has 4 fully saturated rings. The van der Waals surface area contributed by atoms with Crippen molar-refractivity contribution < 1.29 is 38.2 Å². The van der Waals surface area contributed by atoms with Crippen molar-refractivity contribution in [2.24, 2.45) is 16.8 Å². The van der Waals surface area contributed by atoms with Crippen LogP contribution in [0.4, 0.5) is 20.3 Å². The van der Waals surface area contributed by atoms with Gasteiger partial charge in [-0.25, -0.2) is 23.4 Å². The van der Waals surface area contributed by atoms with Gasteiger partial charge in [0.15, 0.2) is 23.2 Å². The zero-order valence-corrected chi connectivity index (χ0v) is 30.6. The predicted octanol–water partition coefficient (Wildman–Crippen LogP) is 2.95. The number of halogens is 2. The Kier molecular flexibility index (Phi) is 10.2. The summed E-state index contributed by atoms with van der Waals surface area (Å²) in [5.41, 5.74) is 5.42. The van der Waals surface area contributed by atoms with Gasteiger partial charge in [0, 0.05) is 69.2 Å². The minimum Gasteiger partial charge on any atom is -0.492 e. The molecule has 8 rings (SSSR count). The molecule has 1 aromatic carbocycles. The van der Waals surface area contributed by atoms with Crippen molar-refractivity contribution in [3.05, 3.63) is 67.7 Å². The lowest BCUT2D eigenvalue weighted by molar-refractivity contribution is 0.0684. The van der Waals surface area contributed by atoms with Gasteiger partial charge in [-0.3, -0.25) is 9.59 Å². The number of nitrogens with two attached hydrogens (primary N) is 1. The molecule has 2 saturated heterocycles. The maximum Gasteiger partial charge on any atom is 0.341 e. The van der Waals surface area contributed by atoms with E-state index >= 15 is 4.39 Å². The number of carbonyl (C=O) groups is 2. The molecule has 0 bridgehead atoms. The van der Waals surface area contributed by atoms with Gasteiger partial charge in [0.1, 0.15) is 29.6 Å². The van der Waals surface area contributed by atoms with Gasteiger partial charge in [-0.1, -0.05) is 5.16 Å². The van der Waals surface area contributed by atoms with Crippen molar-refractivity contribution >= 4 is 51.1 Å². The number of methoxy groups -OCH3 is 1. The van der Waals surface area contributed by atoms with Crippen LogP contribution in [0.5, 0.6) is 5.75 Å². The molecule has 3 aromatic heterocycles. The van der Waals surface area contributed by atoms with Gasteiger partial charge >= 0.3 is 11.9 Å². The highest BCUT2D eigenvalue weighted by Gasteiger charge is 2.34. The lowest BCUT2D eigenvalue weighted by Crippen LogP contribution is -2.49. The van der Waals surface area contributed by atoms with E-state index in [0.717, 1.165) is 44.4 Å². The third-order valence-corrected chi connectivity index (χ3v) is 10.4. The molecule has 4 aliphatic rings. The number of aromatic carboxylic acids is 2. The van der Waals surface area contributed by atoms with Crippen LogP contribution in [-0.2, 0) is 4.84 Å². The van der Waals surface area contributed by atoms with Crippen molar-refractivity contribution in [1.29, 1.82) is 0 Å². The van der Waals surface area contributed by atoms with E-state index in [2.05, 4.69) is 15.5 Å². The lowest BCUT2D eigenvalue weighted by Gasteiger charge is -2.35. The number of aromatic nitrogens is 3. The summed E-state index contributed by atoms with van der Waals surface area (Å²) in [6.45, 7) is 5.04. The summed E-state index contributed by atoms with van der Waals surface area (Å²) in [5.74, 6) is -3.62. The summed E-state index contributed by atoms with van der Waals surface area (Å²) >= 11 is 0. The van der Waals surface area contributed by atoms with Crippen LogP contribution in [0.3, 0.4) is 0 Å². The summed E-state index contributed by atoms with van der Waals surface area (Å²) < 4.78 is 39.0. The van der Waals surface area contributed by atoms with Gasteiger partial charge in [-0.15, -0.1) is 0 Å². The first-order valence-electron chi connectivity index (χ1n) is 18.1. The first-order valence-corrected chi connectivity index (χ1v) is 18.1. The number of carboxylic acids is 2. The number of rotatable bonds is 9. The number of carboxylic acid groups (broad SMARTS) is 2. The molecule has 0 spiro atoms. The maximum atomic E-state index is 15.1. The Bertz CT molecular complexity index is 2360. The van der Waals surface area contributed by atoms with E-state index in [1.54, 1.807) is 14.0 Å². The van der Waals surface area contributed by atoms with E-state index in [1.165, 1.54) is 26.6 Å². The lowest BCUT2D eigenvalue weighted by atomic mass is 10.1. The Morgan fingerprint density at radius 2 is 1.56 bits per heavy atom. The van der Waals surface area contributed by atoms with Crippen LogP contribution in [0.1, 0.15) is 65.4 Å². The molecular formula is C37H42F2N8O8. The summed E-state index contributed by atoms with van der Waals surface area (Å²) in [4.78, 5) is 61.0. The molecule has 2 saturated carbocycles. The van der Waals surface area contributed by atoms with E-state index < -0.39 is 34.4 Å². The average molecular weight is 765 g/mol. The fourth-order valence-electron chi connectivity index (χ4n) is 7.46. The van der Waals surface area contributed by atoms with Crippen molar-refractivity contribution in [3.63, 3.8) is 0 Å². The monoisotopic (exact) mass is 764 g/mol. The fourth-order valence-corrected chi connectivity index (χ4v) is 7.46. The largest absolute Gasteiger partial charge is 0.492 e. The van der Waals surface area contributed by atoms with Crippen molar-refractivity contribution in [1.82, 2.24) is 19.4 Å². The van der Waals surface area contributed by atoms with Crippen LogP contribution in [0.25, 0.3) is 21.9 Å². The highest BCUT2D eigenvalue weighted by atomic mass is 19.1. The molecule has 2 aliphatic carbocycles. The number of ether oxygens (including phenoxy) is 1. The Morgan fingerprint density at radius 1 is 0.945 bits per heavy atom. The summed E-state index contributed by atoms with van der Waals surface area (Å²) in [7, 11) is 2.89. The second-order valence-corrected chi connectivity index (χ2v) is 14.3. The van der Waals surface area contributed by atoms with Crippen molar-refractivity contribution in [2.75, 3.05) is 63.3 Å². The van der Waals surface area contributed by atoms with Gasteiger partial charge in [0.25, 0.3) is 0 Å². The quantitative estimate of drug-likeness (QED) is 0.181. The van der Waals surface area contributed by atoms with Gasteiger partial charge in [-0.2, -0.15) is 0 Å². The summed E-state index contributed by atoms with van der Waals surface area (Å²) in [6, 6.07) is 2.59. The van der Waals surface area contributed by atoms with Crippen molar-refractivity contribution in [2.45, 2.75) is 50.7 Å². The Hall–Kier alpha value is -5.62. The number of pyridine rings is 3. The summed E-state index contributed by atoms with van der Waals surface area (Å²) in [5, 5.41) is 26.0. The van der Waals surface area contributed by atoms with Crippen LogP contribution >= 0.6 is 0 Å². The molecule has 2 unspecified atom stereocenters. The SMILES string of the molecule is CO/N=C1\CN(c2nc3c(cc2F)c(=O)c(C(=O)O)cn3C2CC2)CC1CN.COc1c(N2CCNC(C)C2)c(F)cc2c(=O)c(C(=O)O)cn(C3CC3)c12. The Labute approximate surface area is 312 Å². The van der Waals surface area contributed by atoms with E-state index in [-0.39, 0.29) is 57.4 Å². The number of oxime groups is 1. The first kappa shape index (κ1) is 37.7. The molecule has 4 aromatic rings. The molecule has 292 valence electrons. The van der Waals surface area contributed by atoms with Crippen LogP contribution in [0.2, 0.25) is 0 Å². The number of piperazine rings is 1. The van der Waals surface area contributed by atoms with Crippen LogP contribution < -0.4 is 36.4 Å². The highest BCUT2D eigenvalue weighted by Crippen LogP contribution is 2.44. The van der Waals surface area contributed by atoms with E-state index in [0.29, 0.717) is 55.4 Å². The normalized spacial score (nSPS) is 20.5. The van der Waals surface area contributed by atoms with Gasteiger partial charge in [0.2, 0.25) is 10.9 Å². The number of hydrogen-bond donors (Lipinski definition) is 4. The predicted molar refractivity (Wildman–Crippen MR) is 200 cm³/mol. The second-order valence-electron chi connectivity index (χ2n) is 14.3. The molecule has 2 aliphatic heterocycles. The van der Waals surface area contributed by atoms with E-state index in [1.807, 2.05) is 11.8 Å².